The summed E-state index contributed by atoms with van der Waals surface area (Å²) in [5.74, 6) is 0.878. The van der Waals surface area contributed by atoms with E-state index in [0.717, 1.165) is 38.2 Å². The summed E-state index contributed by atoms with van der Waals surface area (Å²) < 4.78 is 5.27. The van der Waals surface area contributed by atoms with Crippen LogP contribution in [0.3, 0.4) is 0 Å². The highest BCUT2D eigenvalue weighted by atomic mass is 35.5. The predicted octanol–water partition coefficient (Wildman–Crippen LogP) is 3.77. The van der Waals surface area contributed by atoms with E-state index in [4.69, 9.17) is 4.74 Å². The molecule has 0 aromatic heterocycles. The van der Waals surface area contributed by atoms with Crippen LogP contribution in [0.15, 0.2) is 18.2 Å². The molecule has 23 heavy (non-hydrogen) atoms. The molecule has 0 unspecified atom stereocenters. The summed E-state index contributed by atoms with van der Waals surface area (Å²) in [6, 6.07) is 6.12. The lowest BCUT2D eigenvalue weighted by Crippen LogP contribution is -2.45. The number of unbranched alkanes of at least 4 members (excludes halogenated alkanes) is 2. The molecule has 6 heteroatoms. The van der Waals surface area contributed by atoms with Crippen molar-refractivity contribution >= 4 is 24.8 Å². The number of phenols is 1. The normalized spacial score (nSPS) is 16.1. The van der Waals surface area contributed by atoms with Crippen LogP contribution in [0.1, 0.15) is 44.2 Å². The first kappa shape index (κ1) is 22.3. The molecular weight excluding hydrogens is 335 g/mol. The van der Waals surface area contributed by atoms with Crippen LogP contribution < -0.4 is 10.1 Å². The number of para-hydroxylation sites is 1. The molecular formula is C17H30Cl2N2O2. The van der Waals surface area contributed by atoms with Crippen molar-refractivity contribution in [1.29, 1.82) is 0 Å². The molecule has 1 atom stereocenters. The van der Waals surface area contributed by atoms with Gasteiger partial charge in [0, 0.05) is 37.8 Å². The van der Waals surface area contributed by atoms with Crippen LogP contribution in [-0.2, 0) is 0 Å². The first-order chi connectivity index (χ1) is 10.3. The summed E-state index contributed by atoms with van der Waals surface area (Å²) in [6.45, 7) is 6.34. The highest BCUT2D eigenvalue weighted by molar-refractivity contribution is 5.85. The van der Waals surface area contributed by atoms with Gasteiger partial charge in [-0.3, -0.25) is 4.90 Å². The van der Waals surface area contributed by atoms with Gasteiger partial charge in [-0.25, -0.2) is 0 Å². The summed E-state index contributed by atoms with van der Waals surface area (Å²) in [6.07, 6.45) is 4.75. The van der Waals surface area contributed by atoms with Crippen molar-refractivity contribution in [3.05, 3.63) is 23.8 Å². The lowest BCUT2D eigenvalue weighted by Gasteiger charge is -2.35. The second-order valence-electron chi connectivity index (χ2n) is 5.70. The Bertz CT molecular complexity index is 441. The maximum atomic E-state index is 10.5. The Kier molecular flexibility index (Phi) is 11.4. The van der Waals surface area contributed by atoms with Crippen molar-refractivity contribution in [1.82, 2.24) is 10.2 Å². The molecule has 1 fully saturated rings. The zero-order valence-electron chi connectivity index (χ0n) is 14.1. The number of methoxy groups -OCH3 is 1. The highest BCUT2D eigenvalue weighted by Gasteiger charge is 2.25. The van der Waals surface area contributed by atoms with Crippen LogP contribution in [0.4, 0.5) is 0 Å². The minimum absolute atomic E-state index is 0. The van der Waals surface area contributed by atoms with Gasteiger partial charge in [-0.15, -0.1) is 24.8 Å². The van der Waals surface area contributed by atoms with Gasteiger partial charge in [0.1, 0.15) is 0 Å². The maximum Gasteiger partial charge on any atom is 0.162 e. The van der Waals surface area contributed by atoms with Gasteiger partial charge in [0.2, 0.25) is 0 Å². The van der Waals surface area contributed by atoms with Crippen molar-refractivity contribution in [2.45, 2.75) is 38.6 Å². The van der Waals surface area contributed by atoms with Gasteiger partial charge in [-0.05, 0) is 12.5 Å². The summed E-state index contributed by atoms with van der Waals surface area (Å²) in [4.78, 5) is 2.49. The molecule has 0 radical (unpaired) electrons. The standard InChI is InChI=1S/C17H28N2O2.2ClH/c1-3-4-5-8-15(19-12-10-18-11-13-19)14-7-6-9-16(21-2)17(14)20;;/h6-7,9,15,18,20H,3-5,8,10-13H2,1-2H3;2*1H/t15-;;/m1../s1. The lowest BCUT2D eigenvalue weighted by molar-refractivity contribution is 0.159. The summed E-state index contributed by atoms with van der Waals surface area (Å²) >= 11 is 0. The number of aromatic hydroxyl groups is 1. The first-order valence-corrected chi connectivity index (χ1v) is 8.08. The smallest absolute Gasteiger partial charge is 0.162 e. The molecule has 134 valence electrons. The van der Waals surface area contributed by atoms with Crippen molar-refractivity contribution in [3.8, 4) is 11.5 Å². The summed E-state index contributed by atoms with van der Waals surface area (Å²) in [7, 11) is 1.61. The van der Waals surface area contributed by atoms with E-state index in [9.17, 15) is 5.11 Å². The van der Waals surface area contributed by atoms with Crippen LogP contribution in [0, 0.1) is 0 Å². The number of hydrogen-bond donors (Lipinski definition) is 2. The van der Waals surface area contributed by atoms with E-state index >= 15 is 0 Å². The zero-order chi connectivity index (χ0) is 15.1. The second-order valence-corrected chi connectivity index (χ2v) is 5.70. The lowest BCUT2D eigenvalue weighted by atomic mass is 9.97. The number of rotatable bonds is 7. The minimum Gasteiger partial charge on any atom is -0.504 e. The first-order valence-electron chi connectivity index (χ1n) is 8.08. The fraction of sp³-hybridized carbons (Fsp3) is 0.647. The van der Waals surface area contributed by atoms with Crippen LogP contribution >= 0.6 is 24.8 Å². The van der Waals surface area contributed by atoms with Crippen molar-refractivity contribution in [2.24, 2.45) is 0 Å². The van der Waals surface area contributed by atoms with Gasteiger partial charge in [0.05, 0.1) is 7.11 Å². The second kappa shape index (κ2) is 11.8. The van der Waals surface area contributed by atoms with E-state index in [1.54, 1.807) is 7.11 Å². The van der Waals surface area contributed by atoms with Gasteiger partial charge >= 0.3 is 0 Å². The molecule has 1 aliphatic heterocycles. The molecule has 1 heterocycles. The van der Waals surface area contributed by atoms with Gasteiger partial charge in [-0.2, -0.15) is 0 Å². The van der Waals surface area contributed by atoms with Gasteiger partial charge < -0.3 is 15.2 Å². The highest BCUT2D eigenvalue weighted by Crippen LogP contribution is 2.38. The molecule has 2 rings (SSSR count). The van der Waals surface area contributed by atoms with Crippen LogP contribution in [-0.4, -0.2) is 43.3 Å². The maximum absolute atomic E-state index is 10.5. The average Bonchev–Trinajstić information content (AvgIpc) is 2.53. The molecule has 1 aliphatic rings. The van der Waals surface area contributed by atoms with E-state index in [2.05, 4.69) is 17.1 Å². The predicted molar refractivity (Wildman–Crippen MR) is 100 cm³/mol. The third-order valence-corrected chi connectivity index (χ3v) is 4.28. The van der Waals surface area contributed by atoms with Gasteiger partial charge in [0.25, 0.3) is 0 Å². The number of piperazine rings is 1. The number of halogens is 2. The zero-order valence-corrected chi connectivity index (χ0v) is 15.7. The van der Waals surface area contributed by atoms with Crippen molar-refractivity contribution < 1.29 is 9.84 Å². The Hall–Kier alpha value is -0.680. The topological polar surface area (TPSA) is 44.7 Å². The Morgan fingerprint density at radius 2 is 1.91 bits per heavy atom. The average molecular weight is 365 g/mol. The van der Waals surface area contributed by atoms with Crippen molar-refractivity contribution in [2.75, 3.05) is 33.3 Å². The molecule has 1 aromatic carbocycles. The van der Waals surface area contributed by atoms with Crippen LogP contribution in [0.2, 0.25) is 0 Å². The number of ether oxygens (including phenoxy) is 1. The van der Waals surface area contributed by atoms with E-state index in [1.165, 1.54) is 19.3 Å². The molecule has 0 amide bonds. The Morgan fingerprint density at radius 3 is 2.52 bits per heavy atom. The fourth-order valence-corrected chi connectivity index (χ4v) is 3.09. The summed E-state index contributed by atoms with van der Waals surface area (Å²) in [5, 5.41) is 13.9. The van der Waals surface area contributed by atoms with E-state index in [-0.39, 0.29) is 30.9 Å². The van der Waals surface area contributed by atoms with Crippen molar-refractivity contribution in [3.63, 3.8) is 0 Å². The molecule has 0 spiro atoms. The molecule has 4 nitrogen and oxygen atoms in total. The third kappa shape index (κ3) is 6.03. The third-order valence-electron chi connectivity index (χ3n) is 4.28. The number of hydrogen-bond acceptors (Lipinski definition) is 4. The molecule has 0 saturated carbocycles. The fourth-order valence-electron chi connectivity index (χ4n) is 3.09. The van der Waals surface area contributed by atoms with E-state index in [0.29, 0.717) is 11.5 Å². The number of phenolic OH excluding ortho intramolecular Hbond substituents is 1. The van der Waals surface area contributed by atoms with Crippen LogP contribution in [0.25, 0.3) is 0 Å². The van der Waals surface area contributed by atoms with Gasteiger partial charge in [0.15, 0.2) is 11.5 Å². The minimum atomic E-state index is 0. The summed E-state index contributed by atoms with van der Waals surface area (Å²) in [5.41, 5.74) is 1.01. The molecule has 2 N–H and O–H groups in total. The van der Waals surface area contributed by atoms with Gasteiger partial charge in [-0.1, -0.05) is 38.3 Å². The Labute approximate surface area is 152 Å². The molecule has 1 saturated heterocycles. The Balaban J connectivity index is 0.00000242. The van der Waals surface area contributed by atoms with E-state index < -0.39 is 0 Å². The monoisotopic (exact) mass is 364 g/mol. The molecule has 0 bridgehead atoms. The van der Waals surface area contributed by atoms with E-state index in [1.807, 2.05) is 18.2 Å². The molecule has 1 aromatic rings. The molecule has 0 aliphatic carbocycles. The number of nitrogens with zero attached hydrogens (tertiary/aromatic N) is 1. The quantitative estimate of drug-likeness (QED) is 0.722. The SMILES string of the molecule is CCCCC[C@H](c1cccc(OC)c1O)N1CCNCC1.Cl.Cl. The largest absolute Gasteiger partial charge is 0.504 e. The number of nitrogens with one attached hydrogen (secondary N) is 1. The Morgan fingerprint density at radius 1 is 1.22 bits per heavy atom. The van der Waals surface area contributed by atoms with Crippen LogP contribution in [0.5, 0.6) is 11.5 Å². The number of benzene rings is 1.